The highest BCUT2D eigenvalue weighted by Gasteiger charge is 2.12. The summed E-state index contributed by atoms with van der Waals surface area (Å²) < 4.78 is 12.4. The van der Waals surface area contributed by atoms with E-state index in [1.807, 2.05) is 37.3 Å². The minimum absolute atomic E-state index is 0.437. The molecule has 1 aromatic heterocycles. The van der Waals surface area contributed by atoms with Gasteiger partial charge < -0.3 is 9.47 Å². The fraction of sp³-hybridized carbons (Fsp3) is 0.312. The molecule has 0 saturated heterocycles. The molecule has 2 aromatic rings. The maximum absolute atomic E-state index is 5.88. The van der Waals surface area contributed by atoms with Gasteiger partial charge in [-0.25, -0.2) is 0 Å². The third-order valence-electron chi connectivity index (χ3n) is 2.85. The molecule has 1 aromatic carbocycles. The van der Waals surface area contributed by atoms with Crippen LogP contribution in [0.5, 0.6) is 11.5 Å². The molecule has 0 fully saturated rings. The van der Waals surface area contributed by atoms with Crippen LogP contribution in [0.15, 0.2) is 41.0 Å². The zero-order chi connectivity index (χ0) is 15.1. The quantitative estimate of drug-likeness (QED) is 0.667. The van der Waals surface area contributed by atoms with E-state index in [1.54, 1.807) is 6.20 Å². The van der Waals surface area contributed by atoms with E-state index < -0.39 is 0 Å². The Kier molecular flexibility index (Phi) is 6.33. The first-order valence-electron chi connectivity index (χ1n) is 6.78. The van der Waals surface area contributed by atoms with Gasteiger partial charge in [0.05, 0.1) is 17.7 Å². The van der Waals surface area contributed by atoms with Gasteiger partial charge in [0, 0.05) is 24.2 Å². The molecule has 112 valence electrons. The van der Waals surface area contributed by atoms with Crippen LogP contribution in [0, 0.1) is 0 Å². The third kappa shape index (κ3) is 4.61. The molecule has 1 heterocycles. The molecular formula is C16H17BrClNO2. The molecule has 0 bridgehead atoms. The monoisotopic (exact) mass is 369 g/mol. The average molecular weight is 371 g/mol. The van der Waals surface area contributed by atoms with Gasteiger partial charge in [0.2, 0.25) is 0 Å². The first kappa shape index (κ1) is 16.1. The number of ether oxygens (including phenoxy) is 2. The summed E-state index contributed by atoms with van der Waals surface area (Å²) in [6.45, 7) is 3.06. The Hall–Kier alpha value is -1.26. The first-order chi connectivity index (χ1) is 10.2. The first-order valence-corrected chi connectivity index (χ1v) is 8.11. The summed E-state index contributed by atoms with van der Waals surface area (Å²) in [5, 5.41) is 0. The van der Waals surface area contributed by atoms with Crippen molar-refractivity contribution in [2.45, 2.75) is 19.2 Å². The van der Waals surface area contributed by atoms with E-state index in [-0.39, 0.29) is 0 Å². The number of hydrogen-bond acceptors (Lipinski definition) is 3. The molecule has 0 aliphatic rings. The number of halogens is 2. The molecule has 0 N–H and O–H groups in total. The van der Waals surface area contributed by atoms with Crippen LogP contribution in [0.2, 0.25) is 0 Å². The zero-order valence-corrected chi connectivity index (χ0v) is 14.2. The van der Waals surface area contributed by atoms with E-state index in [4.69, 9.17) is 21.1 Å². The Morgan fingerprint density at radius 2 is 2.10 bits per heavy atom. The van der Waals surface area contributed by atoms with Gasteiger partial charge >= 0.3 is 0 Å². The van der Waals surface area contributed by atoms with Crippen LogP contribution in [0.1, 0.15) is 18.2 Å². The van der Waals surface area contributed by atoms with E-state index in [0.29, 0.717) is 30.6 Å². The maximum atomic E-state index is 5.88. The fourth-order valence-electron chi connectivity index (χ4n) is 1.91. The van der Waals surface area contributed by atoms with Crippen LogP contribution in [-0.2, 0) is 12.3 Å². The van der Waals surface area contributed by atoms with Crippen molar-refractivity contribution in [3.8, 4) is 11.5 Å². The molecule has 0 spiro atoms. The van der Waals surface area contributed by atoms with E-state index >= 15 is 0 Å². The Morgan fingerprint density at radius 1 is 1.24 bits per heavy atom. The molecule has 0 aliphatic heterocycles. The smallest absolute Gasteiger partial charge is 0.175 e. The second kappa shape index (κ2) is 8.25. The molecule has 3 nitrogen and oxygen atoms in total. The van der Waals surface area contributed by atoms with Gasteiger partial charge in [-0.2, -0.15) is 0 Å². The molecule has 0 amide bonds. The molecule has 0 radical (unpaired) electrons. The van der Waals surface area contributed by atoms with Crippen molar-refractivity contribution in [3.05, 3.63) is 52.3 Å². The summed E-state index contributed by atoms with van der Waals surface area (Å²) in [7, 11) is 0. The summed E-state index contributed by atoms with van der Waals surface area (Å²) in [4.78, 5) is 4.28. The van der Waals surface area contributed by atoms with Crippen molar-refractivity contribution < 1.29 is 9.47 Å². The maximum Gasteiger partial charge on any atom is 0.175 e. The minimum atomic E-state index is 0.437. The number of pyridine rings is 1. The summed E-state index contributed by atoms with van der Waals surface area (Å²) in [5.74, 6) is 1.86. The Bertz CT molecular complexity index is 578. The largest absolute Gasteiger partial charge is 0.490 e. The highest BCUT2D eigenvalue weighted by Crippen LogP contribution is 2.37. The molecule has 0 saturated carbocycles. The normalized spacial score (nSPS) is 10.4. The summed E-state index contributed by atoms with van der Waals surface area (Å²) >= 11 is 9.40. The van der Waals surface area contributed by atoms with Crippen LogP contribution in [0.3, 0.4) is 0 Å². The van der Waals surface area contributed by atoms with Crippen molar-refractivity contribution in [1.82, 2.24) is 4.98 Å². The lowest BCUT2D eigenvalue weighted by Gasteiger charge is -2.14. The lowest BCUT2D eigenvalue weighted by molar-refractivity contribution is 0.277. The lowest BCUT2D eigenvalue weighted by atomic mass is 10.2. The van der Waals surface area contributed by atoms with Gasteiger partial charge in [0.1, 0.15) is 0 Å². The SMILES string of the molecule is CCOc1cc(CCl)cc(Br)c1OCCc1ccccn1. The van der Waals surface area contributed by atoms with Crippen molar-refractivity contribution in [1.29, 1.82) is 0 Å². The second-order valence-corrected chi connectivity index (χ2v) is 5.51. The van der Waals surface area contributed by atoms with Crippen LogP contribution in [0.4, 0.5) is 0 Å². The molecule has 0 aliphatic carbocycles. The van der Waals surface area contributed by atoms with Crippen molar-refractivity contribution in [2.24, 2.45) is 0 Å². The number of nitrogens with zero attached hydrogens (tertiary/aromatic N) is 1. The van der Waals surface area contributed by atoms with E-state index in [2.05, 4.69) is 20.9 Å². The van der Waals surface area contributed by atoms with Gasteiger partial charge in [-0.15, -0.1) is 11.6 Å². The van der Waals surface area contributed by atoms with Crippen LogP contribution in [-0.4, -0.2) is 18.2 Å². The standard InChI is InChI=1S/C16H17BrClNO2/c1-2-20-15-10-12(11-18)9-14(17)16(15)21-8-6-13-5-3-4-7-19-13/h3-5,7,9-10H,2,6,8,11H2,1H3. The number of hydrogen-bond donors (Lipinski definition) is 0. The molecule has 0 atom stereocenters. The third-order valence-corrected chi connectivity index (χ3v) is 3.75. The second-order valence-electron chi connectivity index (χ2n) is 4.39. The number of alkyl halides is 1. The van der Waals surface area contributed by atoms with E-state index in [0.717, 1.165) is 22.2 Å². The predicted molar refractivity (Wildman–Crippen MR) is 88.3 cm³/mol. The molecule has 21 heavy (non-hydrogen) atoms. The van der Waals surface area contributed by atoms with Crippen molar-refractivity contribution in [3.63, 3.8) is 0 Å². The Labute approximate surface area is 138 Å². The minimum Gasteiger partial charge on any atom is -0.490 e. The predicted octanol–water partition coefficient (Wildman–Crippen LogP) is 4.60. The topological polar surface area (TPSA) is 31.4 Å². The highest BCUT2D eigenvalue weighted by molar-refractivity contribution is 9.10. The number of benzene rings is 1. The lowest BCUT2D eigenvalue weighted by Crippen LogP contribution is -2.05. The Balaban J connectivity index is 2.07. The van der Waals surface area contributed by atoms with Crippen molar-refractivity contribution >= 4 is 27.5 Å². The molecule has 5 heteroatoms. The fourth-order valence-corrected chi connectivity index (χ4v) is 2.66. The number of rotatable bonds is 7. The summed E-state index contributed by atoms with van der Waals surface area (Å²) in [5.41, 5.74) is 1.99. The van der Waals surface area contributed by atoms with Gasteiger partial charge in [-0.1, -0.05) is 6.07 Å². The van der Waals surface area contributed by atoms with Crippen LogP contribution >= 0.6 is 27.5 Å². The molecule has 2 rings (SSSR count). The van der Waals surface area contributed by atoms with Gasteiger partial charge in [0.15, 0.2) is 11.5 Å². The van der Waals surface area contributed by atoms with E-state index in [9.17, 15) is 0 Å². The molecular weight excluding hydrogens is 354 g/mol. The van der Waals surface area contributed by atoms with E-state index in [1.165, 1.54) is 0 Å². The summed E-state index contributed by atoms with van der Waals surface area (Å²) in [6, 6.07) is 9.72. The van der Waals surface area contributed by atoms with Gasteiger partial charge in [-0.05, 0) is 52.7 Å². The van der Waals surface area contributed by atoms with Gasteiger partial charge in [-0.3, -0.25) is 4.98 Å². The average Bonchev–Trinajstić information content (AvgIpc) is 2.51. The molecule has 0 unspecified atom stereocenters. The van der Waals surface area contributed by atoms with Crippen LogP contribution < -0.4 is 9.47 Å². The number of aromatic nitrogens is 1. The zero-order valence-electron chi connectivity index (χ0n) is 11.8. The highest BCUT2D eigenvalue weighted by atomic mass is 79.9. The van der Waals surface area contributed by atoms with Crippen LogP contribution in [0.25, 0.3) is 0 Å². The Morgan fingerprint density at radius 3 is 2.76 bits per heavy atom. The van der Waals surface area contributed by atoms with Gasteiger partial charge in [0.25, 0.3) is 0 Å². The van der Waals surface area contributed by atoms with Crippen molar-refractivity contribution in [2.75, 3.05) is 13.2 Å². The summed E-state index contributed by atoms with van der Waals surface area (Å²) in [6.07, 6.45) is 2.53.